The molecule has 1 aromatic rings. The number of benzene rings is 1. The number of hydrogen-bond donors (Lipinski definition) is 1. The van der Waals surface area contributed by atoms with Gasteiger partial charge in [0.25, 0.3) is 0 Å². The Kier molecular flexibility index (Phi) is 2.05. The highest BCUT2D eigenvalue weighted by atomic mass is 15.2. The van der Waals surface area contributed by atoms with E-state index in [1.54, 1.807) is 0 Å². The second-order valence-electron chi connectivity index (χ2n) is 3.49. The maximum atomic E-state index is 7.77. The number of nitrogens with zero attached hydrogens (tertiary/aromatic N) is 1. The van der Waals surface area contributed by atoms with Gasteiger partial charge in [0, 0.05) is 18.7 Å². The molecular weight excluding hydrogens is 160 g/mol. The van der Waals surface area contributed by atoms with Gasteiger partial charge in [-0.1, -0.05) is 18.2 Å². The topological polar surface area (TPSA) is 27.1 Å². The van der Waals surface area contributed by atoms with Crippen LogP contribution in [0.4, 0.5) is 5.69 Å². The van der Waals surface area contributed by atoms with Gasteiger partial charge >= 0.3 is 0 Å². The zero-order valence-electron chi connectivity index (χ0n) is 7.88. The first-order valence-electron chi connectivity index (χ1n) is 4.69. The predicted molar refractivity (Wildman–Crippen MR) is 55.5 cm³/mol. The van der Waals surface area contributed by atoms with E-state index in [-0.39, 0.29) is 0 Å². The van der Waals surface area contributed by atoms with E-state index in [1.807, 2.05) is 12.1 Å². The number of nitrogens with one attached hydrogen (secondary N) is 1. The molecule has 13 heavy (non-hydrogen) atoms. The summed E-state index contributed by atoms with van der Waals surface area (Å²) >= 11 is 0. The van der Waals surface area contributed by atoms with Crippen molar-refractivity contribution in [3.63, 3.8) is 0 Å². The molecule has 0 aromatic heterocycles. The Morgan fingerprint density at radius 1 is 1.31 bits per heavy atom. The number of hydrogen-bond acceptors (Lipinski definition) is 1. The van der Waals surface area contributed by atoms with E-state index >= 15 is 0 Å². The Bertz CT molecular complexity index is 331. The summed E-state index contributed by atoms with van der Waals surface area (Å²) in [5, 5.41) is 7.77. The fourth-order valence-corrected chi connectivity index (χ4v) is 1.81. The molecule has 1 aliphatic heterocycles. The van der Waals surface area contributed by atoms with Crippen LogP contribution in [0.5, 0.6) is 0 Å². The van der Waals surface area contributed by atoms with Gasteiger partial charge in [-0.3, -0.25) is 5.41 Å². The van der Waals surface area contributed by atoms with Gasteiger partial charge in [0.2, 0.25) is 0 Å². The van der Waals surface area contributed by atoms with Crippen LogP contribution in [0.2, 0.25) is 0 Å². The van der Waals surface area contributed by atoms with Gasteiger partial charge in [-0.2, -0.15) is 0 Å². The lowest BCUT2D eigenvalue weighted by atomic mass is 10.2. The molecule has 1 heterocycles. The van der Waals surface area contributed by atoms with Gasteiger partial charge in [-0.25, -0.2) is 0 Å². The first-order valence-corrected chi connectivity index (χ1v) is 4.69. The average Bonchev–Trinajstić information content (AvgIpc) is 2.52. The van der Waals surface area contributed by atoms with Gasteiger partial charge < -0.3 is 4.90 Å². The fourth-order valence-electron chi connectivity index (χ4n) is 1.81. The summed E-state index contributed by atoms with van der Waals surface area (Å²) in [6, 6.07) is 8.27. The van der Waals surface area contributed by atoms with Crippen LogP contribution in [-0.2, 0) is 0 Å². The largest absolute Gasteiger partial charge is 0.330 e. The van der Waals surface area contributed by atoms with Crippen molar-refractivity contribution >= 4 is 11.5 Å². The van der Waals surface area contributed by atoms with Crippen molar-refractivity contribution < 1.29 is 0 Å². The molecular formula is C11H14N2. The summed E-state index contributed by atoms with van der Waals surface area (Å²) in [4.78, 5) is 2.11. The zero-order valence-corrected chi connectivity index (χ0v) is 7.88. The van der Waals surface area contributed by atoms with Crippen molar-refractivity contribution in [2.24, 2.45) is 0 Å². The van der Waals surface area contributed by atoms with Crippen LogP contribution in [0.25, 0.3) is 0 Å². The van der Waals surface area contributed by atoms with Crippen molar-refractivity contribution in [2.75, 3.05) is 11.4 Å². The Morgan fingerprint density at radius 3 is 2.69 bits per heavy atom. The lowest BCUT2D eigenvalue weighted by Crippen LogP contribution is -2.23. The van der Waals surface area contributed by atoms with Crippen molar-refractivity contribution in [1.29, 1.82) is 5.41 Å². The Balaban J connectivity index is 2.34. The van der Waals surface area contributed by atoms with Crippen molar-refractivity contribution in [3.8, 4) is 0 Å². The van der Waals surface area contributed by atoms with Crippen LogP contribution in [-0.4, -0.2) is 12.4 Å². The summed E-state index contributed by atoms with van der Waals surface area (Å²) in [7, 11) is 0. The van der Waals surface area contributed by atoms with Crippen LogP contribution in [0, 0.1) is 12.3 Å². The van der Waals surface area contributed by atoms with E-state index < -0.39 is 0 Å². The van der Waals surface area contributed by atoms with Crippen molar-refractivity contribution in [2.45, 2.75) is 19.8 Å². The van der Waals surface area contributed by atoms with Crippen LogP contribution >= 0.6 is 0 Å². The van der Waals surface area contributed by atoms with E-state index in [0.717, 1.165) is 25.2 Å². The minimum Gasteiger partial charge on any atom is -0.330 e. The van der Waals surface area contributed by atoms with Crippen LogP contribution < -0.4 is 4.90 Å². The van der Waals surface area contributed by atoms with Crippen molar-refractivity contribution in [3.05, 3.63) is 29.8 Å². The number of amidine groups is 1. The molecule has 0 aliphatic carbocycles. The molecule has 1 saturated heterocycles. The Morgan fingerprint density at radius 2 is 2.08 bits per heavy atom. The first kappa shape index (κ1) is 8.30. The lowest BCUT2D eigenvalue weighted by molar-refractivity contribution is 0.954. The Hall–Kier alpha value is -1.31. The number of rotatable bonds is 1. The number of para-hydroxylation sites is 1. The molecule has 0 spiro atoms. The molecule has 2 rings (SSSR count). The maximum absolute atomic E-state index is 7.77. The minimum atomic E-state index is 0.759. The highest BCUT2D eigenvalue weighted by Gasteiger charge is 2.18. The van der Waals surface area contributed by atoms with Crippen LogP contribution in [0.1, 0.15) is 18.4 Å². The first-order chi connectivity index (χ1) is 6.29. The van der Waals surface area contributed by atoms with Gasteiger partial charge in [-0.05, 0) is 25.0 Å². The third kappa shape index (κ3) is 1.44. The summed E-state index contributed by atoms with van der Waals surface area (Å²) in [6.07, 6.45) is 2.04. The van der Waals surface area contributed by atoms with E-state index in [4.69, 9.17) is 5.41 Å². The molecule has 0 amide bonds. The predicted octanol–water partition coefficient (Wildman–Crippen LogP) is 2.57. The summed E-state index contributed by atoms with van der Waals surface area (Å²) in [5.41, 5.74) is 2.46. The average molecular weight is 174 g/mol. The van der Waals surface area contributed by atoms with E-state index in [9.17, 15) is 0 Å². The normalized spacial score (nSPS) is 16.7. The zero-order chi connectivity index (χ0) is 9.26. The monoisotopic (exact) mass is 174 g/mol. The summed E-state index contributed by atoms with van der Waals surface area (Å²) in [5.74, 6) is 0.759. The smallest absolute Gasteiger partial charge is 0.100 e. The van der Waals surface area contributed by atoms with Crippen molar-refractivity contribution in [1.82, 2.24) is 0 Å². The second-order valence-corrected chi connectivity index (χ2v) is 3.49. The third-order valence-electron chi connectivity index (χ3n) is 2.53. The van der Waals surface area contributed by atoms with Crippen LogP contribution in [0.3, 0.4) is 0 Å². The molecule has 0 saturated carbocycles. The molecule has 0 unspecified atom stereocenters. The van der Waals surface area contributed by atoms with E-state index in [0.29, 0.717) is 0 Å². The Labute approximate surface area is 78.7 Å². The SMILES string of the molecule is Cc1ccccc1N1CCCC1=N. The van der Waals surface area contributed by atoms with E-state index in [1.165, 1.54) is 11.3 Å². The molecule has 0 bridgehead atoms. The quantitative estimate of drug-likeness (QED) is 0.696. The standard InChI is InChI=1S/C11H14N2/c1-9-5-2-3-6-10(9)13-8-4-7-11(13)12/h2-3,5-6,12H,4,7-8H2,1H3. The summed E-state index contributed by atoms with van der Waals surface area (Å²) < 4.78 is 0. The molecule has 0 radical (unpaired) electrons. The minimum absolute atomic E-state index is 0.759. The number of aryl methyl sites for hydroxylation is 1. The molecule has 1 aliphatic rings. The summed E-state index contributed by atoms with van der Waals surface area (Å²) in [6.45, 7) is 3.10. The van der Waals surface area contributed by atoms with Gasteiger partial charge in [0.1, 0.15) is 5.84 Å². The molecule has 0 atom stereocenters. The molecule has 1 N–H and O–H groups in total. The fraction of sp³-hybridized carbons (Fsp3) is 0.364. The molecule has 68 valence electrons. The highest BCUT2D eigenvalue weighted by Crippen LogP contribution is 2.24. The molecule has 1 fully saturated rings. The van der Waals surface area contributed by atoms with Gasteiger partial charge in [-0.15, -0.1) is 0 Å². The highest BCUT2D eigenvalue weighted by molar-refractivity contribution is 5.97. The van der Waals surface area contributed by atoms with Gasteiger partial charge in [0.15, 0.2) is 0 Å². The molecule has 2 nitrogen and oxygen atoms in total. The van der Waals surface area contributed by atoms with Gasteiger partial charge in [0.05, 0.1) is 0 Å². The lowest BCUT2D eigenvalue weighted by Gasteiger charge is -2.19. The molecule has 2 heteroatoms. The maximum Gasteiger partial charge on any atom is 0.100 e. The van der Waals surface area contributed by atoms with Crippen LogP contribution in [0.15, 0.2) is 24.3 Å². The third-order valence-corrected chi connectivity index (χ3v) is 2.53. The van der Waals surface area contributed by atoms with E-state index in [2.05, 4.69) is 24.0 Å². The number of anilines is 1. The molecule has 1 aromatic carbocycles. The second kappa shape index (κ2) is 3.21.